The first-order valence-electron chi connectivity index (χ1n) is 12.2. The van der Waals surface area contributed by atoms with Crippen molar-refractivity contribution in [3.8, 4) is 0 Å². The number of benzene rings is 3. The monoisotopic (exact) mass is 566 g/mol. The van der Waals surface area contributed by atoms with Crippen LogP contribution in [0.3, 0.4) is 0 Å². The molecule has 3 aromatic rings. The molecule has 1 aliphatic heterocycles. The Morgan fingerprint density at radius 3 is 2.23 bits per heavy atom. The van der Waals surface area contributed by atoms with E-state index in [0.717, 1.165) is 5.56 Å². The van der Waals surface area contributed by atoms with Crippen molar-refractivity contribution < 1.29 is 19.1 Å². The normalized spacial score (nSPS) is 13.6. The number of rotatable bonds is 8. The number of anilines is 3. The molecule has 0 fully saturated rings. The smallest absolute Gasteiger partial charge is 0.338 e. The first-order chi connectivity index (χ1) is 18.6. The van der Waals surface area contributed by atoms with Crippen molar-refractivity contribution in [2.24, 2.45) is 0 Å². The summed E-state index contributed by atoms with van der Waals surface area (Å²) in [5.41, 5.74) is 4.05. The van der Waals surface area contributed by atoms with Gasteiger partial charge in [-0.15, -0.1) is 0 Å². The number of carbonyl (C=O) groups is 3. The van der Waals surface area contributed by atoms with Gasteiger partial charge in [-0.25, -0.2) is 4.79 Å². The fourth-order valence-corrected chi connectivity index (χ4v) is 4.99. The Labute approximate surface area is 237 Å². The molecule has 0 aliphatic carbocycles. The van der Waals surface area contributed by atoms with Gasteiger partial charge in [0.15, 0.2) is 0 Å². The second-order valence-corrected chi connectivity index (χ2v) is 9.97. The number of esters is 1. The van der Waals surface area contributed by atoms with E-state index in [1.165, 1.54) is 4.90 Å². The average Bonchev–Trinajstić information content (AvgIpc) is 3.21. The van der Waals surface area contributed by atoms with Crippen LogP contribution < -0.4 is 15.5 Å². The highest BCUT2D eigenvalue weighted by atomic mass is 35.5. The molecule has 202 valence electrons. The number of hydrogen-bond donors (Lipinski definition) is 2. The molecule has 39 heavy (non-hydrogen) atoms. The van der Waals surface area contributed by atoms with Crippen molar-refractivity contribution in [1.29, 1.82) is 0 Å². The highest BCUT2D eigenvalue weighted by Gasteiger charge is 2.30. The van der Waals surface area contributed by atoms with E-state index < -0.39 is 5.97 Å². The van der Waals surface area contributed by atoms with Gasteiger partial charge in [-0.3, -0.25) is 9.59 Å². The maximum Gasteiger partial charge on any atom is 0.338 e. The fraction of sp³-hybridized carbons (Fsp3) is 0.207. The molecule has 0 unspecified atom stereocenters. The average molecular weight is 567 g/mol. The second kappa shape index (κ2) is 11.9. The highest BCUT2D eigenvalue weighted by molar-refractivity contribution is 6.41. The van der Waals surface area contributed by atoms with Crippen molar-refractivity contribution in [1.82, 2.24) is 4.90 Å². The summed E-state index contributed by atoms with van der Waals surface area (Å²) in [4.78, 5) is 41.3. The summed E-state index contributed by atoms with van der Waals surface area (Å²) in [7, 11) is 5.22. The standard InChI is InChI=1S/C29H28Cl2N4O4/c1-5-39-29(38)18-11-12-20-23(13-18)33-28(37)25(20)26(17-9-7-6-8-10-17)32-19-14-21(30)27(22(31)15-19)35(4)24(36)16-34(2)3/h6-15,32H,5,16H2,1-4H3,(H,33,37)/b26-25-. The van der Waals surface area contributed by atoms with Crippen LogP contribution in [0.2, 0.25) is 10.0 Å². The Hall–Kier alpha value is -3.85. The number of carbonyl (C=O) groups excluding carboxylic acids is 3. The van der Waals surface area contributed by atoms with Gasteiger partial charge in [-0.05, 0) is 50.8 Å². The van der Waals surface area contributed by atoms with Gasteiger partial charge in [0.2, 0.25) is 5.91 Å². The van der Waals surface area contributed by atoms with Crippen LogP contribution in [0.15, 0.2) is 60.7 Å². The lowest BCUT2D eigenvalue weighted by Gasteiger charge is -2.23. The largest absolute Gasteiger partial charge is 0.462 e. The van der Waals surface area contributed by atoms with Crippen LogP contribution in [0.1, 0.15) is 28.4 Å². The van der Waals surface area contributed by atoms with E-state index in [-0.39, 0.29) is 35.0 Å². The molecule has 0 aromatic heterocycles. The van der Waals surface area contributed by atoms with Crippen molar-refractivity contribution in [3.63, 3.8) is 0 Å². The Kier molecular flexibility index (Phi) is 8.60. The molecule has 1 heterocycles. The van der Waals surface area contributed by atoms with Gasteiger partial charge in [-0.2, -0.15) is 0 Å². The van der Waals surface area contributed by atoms with Crippen molar-refractivity contribution in [2.75, 3.05) is 49.8 Å². The summed E-state index contributed by atoms with van der Waals surface area (Å²) in [6, 6.07) is 17.6. The second-order valence-electron chi connectivity index (χ2n) is 9.16. The van der Waals surface area contributed by atoms with Gasteiger partial charge >= 0.3 is 5.97 Å². The highest BCUT2D eigenvalue weighted by Crippen LogP contribution is 2.41. The van der Waals surface area contributed by atoms with E-state index in [2.05, 4.69) is 10.6 Å². The SMILES string of the molecule is CCOC(=O)c1ccc2c(c1)NC(=O)/C2=C(\Nc1cc(Cl)c(N(C)C(=O)CN(C)C)c(Cl)c1)c1ccccc1. The molecule has 2 amide bonds. The predicted octanol–water partition coefficient (Wildman–Crippen LogP) is 5.63. The first-order valence-corrected chi connectivity index (χ1v) is 13.0. The van der Waals surface area contributed by atoms with Crippen molar-refractivity contribution in [3.05, 3.63) is 87.4 Å². The van der Waals surface area contributed by atoms with Crippen LogP contribution in [0, 0.1) is 0 Å². The number of fused-ring (bicyclic) bond motifs is 1. The maximum absolute atomic E-state index is 13.3. The Balaban J connectivity index is 1.78. The fourth-order valence-electron chi connectivity index (χ4n) is 4.25. The number of nitrogens with zero attached hydrogens (tertiary/aromatic N) is 2. The number of ether oxygens (including phenoxy) is 1. The van der Waals surface area contributed by atoms with E-state index in [1.807, 2.05) is 30.3 Å². The summed E-state index contributed by atoms with van der Waals surface area (Å²) in [5, 5.41) is 6.71. The van der Waals surface area contributed by atoms with E-state index in [9.17, 15) is 14.4 Å². The zero-order chi connectivity index (χ0) is 28.3. The number of nitrogens with one attached hydrogen (secondary N) is 2. The molecule has 0 atom stereocenters. The molecule has 8 nitrogen and oxygen atoms in total. The minimum Gasteiger partial charge on any atom is -0.462 e. The molecule has 0 saturated heterocycles. The molecule has 10 heteroatoms. The summed E-state index contributed by atoms with van der Waals surface area (Å²) < 4.78 is 5.09. The molecule has 0 saturated carbocycles. The van der Waals surface area contributed by atoms with E-state index in [0.29, 0.717) is 39.5 Å². The first kappa shape index (κ1) is 28.2. The third kappa shape index (κ3) is 6.09. The molecule has 2 N–H and O–H groups in total. The summed E-state index contributed by atoms with van der Waals surface area (Å²) in [5.74, 6) is -0.968. The minimum absolute atomic E-state index is 0.168. The Bertz CT molecular complexity index is 1450. The Morgan fingerprint density at radius 2 is 1.62 bits per heavy atom. The van der Waals surface area contributed by atoms with E-state index in [1.54, 1.807) is 63.3 Å². The summed E-state index contributed by atoms with van der Waals surface area (Å²) in [6.45, 7) is 2.18. The molecule has 0 spiro atoms. The zero-order valence-electron chi connectivity index (χ0n) is 22.0. The molecule has 3 aromatic carbocycles. The van der Waals surface area contributed by atoms with Gasteiger partial charge in [0.05, 0.1) is 51.4 Å². The number of amides is 2. The van der Waals surface area contributed by atoms with Crippen molar-refractivity contribution in [2.45, 2.75) is 6.92 Å². The van der Waals surface area contributed by atoms with Crippen LogP contribution in [0.4, 0.5) is 17.1 Å². The van der Waals surface area contributed by atoms with E-state index >= 15 is 0 Å². The number of hydrogen-bond acceptors (Lipinski definition) is 6. The third-order valence-corrected chi connectivity index (χ3v) is 6.61. The topological polar surface area (TPSA) is 91.0 Å². The molecular formula is C29H28Cl2N4O4. The number of halogens is 2. The summed E-state index contributed by atoms with van der Waals surface area (Å²) >= 11 is 13.2. The molecule has 1 aliphatic rings. The van der Waals surface area contributed by atoms with Crippen LogP contribution in [-0.4, -0.2) is 57.0 Å². The van der Waals surface area contributed by atoms with Gasteiger partial charge in [-0.1, -0.05) is 59.6 Å². The number of likely N-dealkylation sites (N-methyl/N-ethyl adjacent to an activating group) is 2. The van der Waals surface area contributed by atoms with E-state index in [4.69, 9.17) is 27.9 Å². The van der Waals surface area contributed by atoms with Crippen LogP contribution in [-0.2, 0) is 14.3 Å². The Morgan fingerprint density at radius 1 is 0.949 bits per heavy atom. The predicted molar refractivity (Wildman–Crippen MR) is 156 cm³/mol. The molecule has 0 radical (unpaired) electrons. The molecular weight excluding hydrogens is 539 g/mol. The lowest BCUT2D eigenvalue weighted by atomic mass is 9.99. The van der Waals surface area contributed by atoms with Crippen molar-refractivity contribution >= 4 is 69.3 Å². The third-order valence-electron chi connectivity index (χ3n) is 6.03. The molecule has 0 bridgehead atoms. The summed E-state index contributed by atoms with van der Waals surface area (Å²) in [6.07, 6.45) is 0. The van der Waals surface area contributed by atoms with Gasteiger partial charge in [0.1, 0.15) is 0 Å². The quantitative estimate of drug-likeness (QED) is 0.271. The van der Waals surface area contributed by atoms with Crippen LogP contribution in [0.25, 0.3) is 11.3 Å². The van der Waals surface area contributed by atoms with Gasteiger partial charge in [0, 0.05) is 18.3 Å². The van der Waals surface area contributed by atoms with Gasteiger partial charge < -0.3 is 25.2 Å². The maximum atomic E-state index is 13.3. The molecule has 4 rings (SSSR count). The van der Waals surface area contributed by atoms with Crippen LogP contribution >= 0.6 is 23.2 Å². The lowest BCUT2D eigenvalue weighted by molar-refractivity contribution is -0.119. The minimum atomic E-state index is -0.466. The zero-order valence-corrected chi connectivity index (χ0v) is 23.5. The van der Waals surface area contributed by atoms with Gasteiger partial charge in [0.25, 0.3) is 5.91 Å². The lowest BCUT2D eigenvalue weighted by Crippen LogP contribution is -2.35. The van der Waals surface area contributed by atoms with Crippen LogP contribution in [0.5, 0.6) is 0 Å².